The molecule has 0 unspecified atom stereocenters. The minimum atomic E-state index is -1.13. The van der Waals surface area contributed by atoms with Crippen LogP contribution in [0.4, 0.5) is 15.8 Å². The lowest BCUT2D eigenvalue weighted by Crippen LogP contribution is -2.37. The Balaban J connectivity index is 2.13. The molecule has 1 fully saturated rings. The largest absolute Gasteiger partial charge is 0.478 e. The summed E-state index contributed by atoms with van der Waals surface area (Å²) < 4.78 is 14.1. The Hall–Kier alpha value is -1.82. The van der Waals surface area contributed by atoms with E-state index in [0.717, 1.165) is 38.5 Å². The molecule has 3 N–H and O–H groups in total. The van der Waals surface area contributed by atoms with Crippen LogP contribution in [0.2, 0.25) is 0 Å². The first-order valence-electron chi connectivity index (χ1n) is 7.10. The summed E-state index contributed by atoms with van der Waals surface area (Å²) in [6, 6.07) is 2.45. The van der Waals surface area contributed by atoms with Gasteiger partial charge in [0, 0.05) is 25.3 Å². The smallest absolute Gasteiger partial charge is 0.337 e. The second-order valence-electron chi connectivity index (χ2n) is 5.89. The number of carboxylic acids is 1. The van der Waals surface area contributed by atoms with Crippen LogP contribution in [0.25, 0.3) is 0 Å². The summed E-state index contributed by atoms with van der Waals surface area (Å²) in [5.41, 5.74) is 5.81. The second-order valence-corrected chi connectivity index (χ2v) is 5.89. The number of carboxylic acid groups (broad SMARTS) is 1. The summed E-state index contributed by atoms with van der Waals surface area (Å²) in [7, 11) is 4.09. The number of aromatic carboxylic acids is 1. The van der Waals surface area contributed by atoms with Crippen molar-refractivity contribution in [3.63, 3.8) is 0 Å². The van der Waals surface area contributed by atoms with Crippen molar-refractivity contribution >= 4 is 17.3 Å². The number of halogens is 1. The number of nitrogens with zero attached hydrogens (tertiary/aromatic N) is 2. The van der Waals surface area contributed by atoms with Crippen LogP contribution in [0, 0.1) is 11.7 Å². The molecule has 0 aliphatic carbocycles. The van der Waals surface area contributed by atoms with Crippen molar-refractivity contribution in [2.75, 3.05) is 44.4 Å². The summed E-state index contributed by atoms with van der Waals surface area (Å²) >= 11 is 0. The van der Waals surface area contributed by atoms with E-state index >= 15 is 0 Å². The van der Waals surface area contributed by atoms with Gasteiger partial charge in [0.25, 0.3) is 0 Å². The monoisotopic (exact) mass is 295 g/mol. The molecule has 116 valence electrons. The van der Waals surface area contributed by atoms with E-state index in [-0.39, 0.29) is 11.3 Å². The number of hydrogen-bond donors (Lipinski definition) is 2. The maximum Gasteiger partial charge on any atom is 0.337 e. The van der Waals surface area contributed by atoms with Crippen LogP contribution in [-0.2, 0) is 0 Å². The average molecular weight is 295 g/mol. The molecule has 0 spiro atoms. The van der Waals surface area contributed by atoms with Crippen LogP contribution in [0.15, 0.2) is 12.1 Å². The van der Waals surface area contributed by atoms with Crippen molar-refractivity contribution < 1.29 is 14.3 Å². The van der Waals surface area contributed by atoms with E-state index in [0.29, 0.717) is 11.6 Å². The van der Waals surface area contributed by atoms with Crippen LogP contribution in [0.5, 0.6) is 0 Å². The van der Waals surface area contributed by atoms with E-state index < -0.39 is 11.8 Å². The van der Waals surface area contributed by atoms with Gasteiger partial charge >= 0.3 is 5.97 Å². The van der Waals surface area contributed by atoms with E-state index in [1.165, 1.54) is 6.07 Å². The van der Waals surface area contributed by atoms with Gasteiger partial charge in [-0.2, -0.15) is 0 Å². The molecule has 1 aliphatic heterocycles. The molecule has 1 saturated heterocycles. The minimum Gasteiger partial charge on any atom is -0.478 e. The quantitative estimate of drug-likeness (QED) is 0.830. The van der Waals surface area contributed by atoms with E-state index in [2.05, 4.69) is 4.90 Å². The van der Waals surface area contributed by atoms with E-state index in [1.54, 1.807) is 0 Å². The molecule has 2 rings (SSSR count). The fraction of sp³-hybridized carbons (Fsp3) is 0.533. The molecule has 5 nitrogen and oxygen atoms in total. The molecule has 1 heterocycles. The molecule has 6 heteroatoms. The Labute approximate surface area is 124 Å². The lowest BCUT2D eigenvalue weighted by Gasteiger charge is -2.35. The fourth-order valence-corrected chi connectivity index (χ4v) is 2.88. The van der Waals surface area contributed by atoms with Crippen LogP contribution in [-0.4, -0.2) is 49.7 Å². The summed E-state index contributed by atoms with van der Waals surface area (Å²) in [4.78, 5) is 15.2. The topological polar surface area (TPSA) is 69.8 Å². The highest BCUT2D eigenvalue weighted by Gasteiger charge is 2.23. The predicted molar refractivity (Wildman–Crippen MR) is 81.3 cm³/mol. The number of nitrogen functional groups attached to an aromatic ring is 1. The lowest BCUT2D eigenvalue weighted by atomic mass is 9.95. The Kier molecular flexibility index (Phi) is 4.67. The van der Waals surface area contributed by atoms with Crippen molar-refractivity contribution in [2.24, 2.45) is 5.92 Å². The highest BCUT2D eigenvalue weighted by atomic mass is 19.1. The summed E-state index contributed by atoms with van der Waals surface area (Å²) in [6.45, 7) is 2.50. The summed E-state index contributed by atoms with van der Waals surface area (Å²) in [5, 5.41) is 9.09. The first-order valence-corrected chi connectivity index (χ1v) is 7.10. The normalized spacial score (nSPS) is 16.5. The standard InChI is InChI=1S/C15H22FN3O2/c1-18(2)9-10-3-5-19(6-4-10)14-7-11(15(20)21)13(17)8-12(14)16/h7-8,10H,3-6,9,17H2,1-2H3,(H,20,21). The minimum absolute atomic E-state index is 0.0359. The predicted octanol–water partition coefficient (Wildman–Crippen LogP) is 1.88. The van der Waals surface area contributed by atoms with Gasteiger partial charge in [0.2, 0.25) is 0 Å². The third kappa shape index (κ3) is 3.64. The second kappa shape index (κ2) is 6.30. The van der Waals surface area contributed by atoms with Gasteiger partial charge in [-0.05, 0) is 45.0 Å². The molecule has 1 aromatic rings. The Bertz CT molecular complexity index is 526. The zero-order valence-electron chi connectivity index (χ0n) is 12.5. The molecule has 0 bridgehead atoms. The van der Waals surface area contributed by atoms with Crippen LogP contribution < -0.4 is 10.6 Å². The third-order valence-corrected chi connectivity index (χ3v) is 3.93. The van der Waals surface area contributed by atoms with Gasteiger partial charge in [-0.3, -0.25) is 0 Å². The van der Waals surface area contributed by atoms with Crippen LogP contribution in [0.1, 0.15) is 23.2 Å². The molecule has 0 aromatic heterocycles. The number of carbonyl (C=O) groups is 1. The van der Waals surface area contributed by atoms with Gasteiger partial charge in [0.05, 0.1) is 11.3 Å². The molecule has 0 atom stereocenters. The lowest BCUT2D eigenvalue weighted by molar-refractivity contribution is 0.0698. The number of rotatable bonds is 4. The zero-order valence-corrected chi connectivity index (χ0v) is 12.5. The highest BCUT2D eigenvalue weighted by molar-refractivity contribution is 5.95. The van der Waals surface area contributed by atoms with Gasteiger partial charge in [-0.25, -0.2) is 9.18 Å². The molecule has 21 heavy (non-hydrogen) atoms. The Morgan fingerprint density at radius 1 is 1.43 bits per heavy atom. The van der Waals surface area contributed by atoms with Gasteiger partial charge < -0.3 is 20.6 Å². The number of piperidine rings is 1. The number of benzene rings is 1. The molecule has 1 aliphatic rings. The number of hydrogen-bond acceptors (Lipinski definition) is 4. The molecular formula is C15H22FN3O2. The van der Waals surface area contributed by atoms with E-state index in [4.69, 9.17) is 10.8 Å². The van der Waals surface area contributed by atoms with Crippen molar-refractivity contribution in [2.45, 2.75) is 12.8 Å². The summed E-state index contributed by atoms with van der Waals surface area (Å²) in [6.07, 6.45) is 1.95. The number of anilines is 2. The fourth-order valence-electron chi connectivity index (χ4n) is 2.88. The van der Waals surface area contributed by atoms with Crippen LogP contribution in [0.3, 0.4) is 0 Å². The maximum atomic E-state index is 14.1. The van der Waals surface area contributed by atoms with Crippen molar-refractivity contribution in [3.8, 4) is 0 Å². The summed E-state index contributed by atoms with van der Waals surface area (Å²) in [5.74, 6) is -0.980. The van der Waals surface area contributed by atoms with Crippen molar-refractivity contribution in [1.82, 2.24) is 4.90 Å². The molecule has 0 radical (unpaired) electrons. The van der Waals surface area contributed by atoms with Crippen molar-refractivity contribution in [3.05, 3.63) is 23.5 Å². The molecular weight excluding hydrogens is 273 g/mol. The zero-order chi connectivity index (χ0) is 15.6. The first kappa shape index (κ1) is 15.6. The van der Waals surface area contributed by atoms with Crippen LogP contribution >= 0.6 is 0 Å². The molecule has 1 aromatic carbocycles. The van der Waals surface area contributed by atoms with Gasteiger partial charge in [0.15, 0.2) is 0 Å². The maximum absolute atomic E-state index is 14.1. The highest BCUT2D eigenvalue weighted by Crippen LogP contribution is 2.29. The van der Waals surface area contributed by atoms with Gasteiger partial charge in [-0.15, -0.1) is 0 Å². The van der Waals surface area contributed by atoms with E-state index in [9.17, 15) is 9.18 Å². The van der Waals surface area contributed by atoms with Gasteiger partial charge in [0.1, 0.15) is 5.82 Å². The average Bonchev–Trinajstić information content (AvgIpc) is 2.39. The Morgan fingerprint density at radius 3 is 2.57 bits per heavy atom. The number of nitrogens with two attached hydrogens (primary N) is 1. The van der Waals surface area contributed by atoms with Crippen molar-refractivity contribution in [1.29, 1.82) is 0 Å². The third-order valence-electron chi connectivity index (χ3n) is 3.93. The molecule has 0 amide bonds. The Morgan fingerprint density at radius 2 is 2.05 bits per heavy atom. The van der Waals surface area contributed by atoms with Gasteiger partial charge in [-0.1, -0.05) is 0 Å². The first-order chi connectivity index (χ1) is 9.88. The SMILES string of the molecule is CN(C)CC1CCN(c2cc(C(=O)O)c(N)cc2F)CC1. The van der Waals surface area contributed by atoms with E-state index in [1.807, 2.05) is 19.0 Å². The molecule has 0 saturated carbocycles.